The number of halogens is 1. The molecule has 1 heterocycles. The van der Waals surface area contributed by atoms with Crippen LogP contribution >= 0.6 is 0 Å². The van der Waals surface area contributed by atoms with Crippen molar-refractivity contribution in [3.63, 3.8) is 0 Å². The zero-order valence-corrected chi connectivity index (χ0v) is 13.5. The normalized spacial score (nSPS) is 14.2. The van der Waals surface area contributed by atoms with Gasteiger partial charge in [0.1, 0.15) is 18.9 Å². The van der Waals surface area contributed by atoms with Gasteiger partial charge < -0.3 is 15.1 Å². The molecule has 0 aromatic heterocycles. The van der Waals surface area contributed by atoms with Crippen LogP contribution in [0.25, 0.3) is 0 Å². The third-order valence-corrected chi connectivity index (χ3v) is 3.86. The molecule has 0 aliphatic carbocycles. The summed E-state index contributed by atoms with van der Waals surface area (Å²) in [5.74, 6) is -1.60. The highest BCUT2D eigenvalue weighted by atomic mass is 19.1. The smallest absolute Gasteiger partial charge is 0.256 e. The quantitative estimate of drug-likeness (QED) is 0.927. The number of anilines is 2. The van der Waals surface area contributed by atoms with Crippen molar-refractivity contribution in [2.45, 2.75) is 0 Å². The molecule has 0 bridgehead atoms. The fourth-order valence-electron chi connectivity index (χ4n) is 2.67. The van der Waals surface area contributed by atoms with E-state index in [1.807, 2.05) is 0 Å². The SMILES string of the molecule is CN1CC(=O)N(CC(=O)Nc2cccc(F)c2)c2ccccc2C1=O. The van der Waals surface area contributed by atoms with Gasteiger partial charge in [-0.1, -0.05) is 18.2 Å². The van der Waals surface area contributed by atoms with Gasteiger partial charge in [-0.05, 0) is 30.3 Å². The molecule has 7 heteroatoms. The zero-order valence-electron chi connectivity index (χ0n) is 13.5. The van der Waals surface area contributed by atoms with Gasteiger partial charge in [-0.15, -0.1) is 0 Å². The van der Waals surface area contributed by atoms with Crippen molar-refractivity contribution in [1.29, 1.82) is 0 Å². The Labute approximate surface area is 143 Å². The molecule has 2 aromatic rings. The number of benzene rings is 2. The van der Waals surface area contributed by atoms with Crippen LogP contribution in [0, 0.1) is 5.82 Å². The second-order valence-electron chi connectivity index (χ2n) is 5.72. The van der Waals surface area contributed by atoms with Crippen molar-refractivity contribution in [3.8, 4) is 0 Å². The second-order valence-corrected chi connectivity index (χ2v) is 5.72. The summed E-state index contributed by atoms with van der Waals surface area (Å²) in [7, 11) is 1.54. The molecular formula is C18H16FN3O3. The molecule has 0 fully saturated rings. The van der Waals surface area contributed by atoms with E-state index in [0.717, 1.165) is 0 Å². The molecule has 3 amide bonds. The van der Waals surface area contributed by atoms with Crippen LogP contribution in [0.15, 0.2) is 48.5 Å². The Bertz CT molecular complexity index is 853. The van der Waals surface area contributed by atoms with Crippen molar-refractivity contribution in [3.05, 3.63) is 59.9 Å². The van der Waals surface area contributed by atoms with Crippen LogP contribution in [0.5, 0.6) is 0 Å². The number of para-hydroxylation sites is 1. The van der Waals surface area contributed by atoms with E-state index in [1.165, 1.54) is 35.0 Å². The highest BCUT2D eigenvalue weighted by Gasteiger charge is 2.30. The fraction of sp³-hybridized carbons (Fsp3) is 0.167. The average molecular weight is 341 g/mol. The number of fused-ring (bicyclic) bond motifs is 1. The van der Waals surface area contributed by atoms with Crippen LogP contribution in [-0.4, -0.2) is 42.8 Å². The lowest BCUT2D eigenvalue weighted by Gasteiger charge is -2.21. The average Bonchev–Trinajstić information content (AvgIpc) is 2.66. The Morgan fingerprint density at radius 1 is 1.16 bits per heavy atom. The monoisotopic (exact) mass is 341 g/mol. The Kier molecular flexibility index (Phi) is 4.47. The number of rotatable bonds is 3. The number of hydrogen-bond donors (Lipinski definition) is 1. The largest absolute Gasteiger partial charge is 0.332 e. The molecule has 0 atom stereocenters. The Hall–Kier alpha value is -3.22. The maximum Gasteiger partial charge on any atom is 0.256 e. The molecule has 1 aliphatic heterocycles. The molecule has 25 heavy (non-hydrogen) atoms. The van der Waals surface area contributed by atoms with Gasteiger partial charge in [0.2, 0.25) is 11.8 Å². The van der Waals surface area contributed by atoms with Crippen molar-refractivity contribution < 1.29 is 18.8 Å². The zero-order chi connectivity index (χ0) is 18.0. The molecule has 0 spiro atoms. The number of likely N-dealkylation sites (N-methyl/N-ethyl adjacent to an activating group) is 1. The minimum absolute atomic E-state index is 0.124. The van der Waals surface area contributed by atoms with Gasteiger partial charge in [0.25, 0.3) is 5.91 Å². The summed E-state index contributed by atoms with van der Waals surface area (Å²) in [6, 6.07) is 12.1. The van der Waals surface area contributed by atoms with Gasteiger partial charge in [0.15, 0.2) is 0 Å². The van der Waals surface area contributed by atoms with Crippen LogP contribution in [0.4, 0.5) is 15.8 Å². The van der Waals surface area contributed by atoms with E-state index in [9.17, 15) is 18.8 Å². The van der Waals surface area contributed by atoms with E-state index in [0.29, 0.717) is 16.9 Å². The summed E-state index contributed by atoms with van der Waals surface area (Å²) >= 11 is 0. The summed E-state index contributed by atoms with van der Waals surface area (Å²) in [5.41, 5.74) is 1.04. The molecule has 128 valence electrons. The summed E-state index contributed by atoms with van der Waals surface area (Å²) in [6.45, 7) is -0.395. The molecule has 3 rings (SSSR count). The first-order valence-corrected chi connectivity index (χ1v) is 7.66. The number of amides is 3. The van der Waals surface area contributed by atoms with E-state index in [-0.39, 0.29) is 24.9 Å². The second kappa shape index (κ2) is 6.72. The molecule has 1 N–H and O–H groups in total. The third kappa shape index (κ3) is 3.50. The van der Waals surface area contributed by atoms with Gasteiger partial charge >= 0.3 is 0 Å². The fourth-order valence-corrected chi connectivity index (χ4v) is 2.67. The van der Waals surface area contributed by atoms with E-state index in [2.05, 4.69) is 5.32 Å². The van der Waals surface area contributed by atoms with Crippen molar-refractivity contribution in [1.82, 2.24) is 4.90 Å². The maximum absolute atomic E-state index is 13.2. The van der Waals surface area contributed by atoms with Crippen LogP contribution in [0.1, 0.15) is 10.4 Å². The third-order valence-electron chi connectivity index (χ3n) is 3.86. The molecule has 0 unspecified atom stereocenters. The molecule has 0 radical (unpaired) electrons. The predicted octanol–water partition coefficient (Wildman–Crippen LogP) is 1.88. The Morgan fingerprint density at radius 2 is 1.92 bits per heavy atom. The van der Waals surface area contributed by atoms with E-state index in [4.69, 9.17) is 0 Å². The number of nitrogens with zero attached hydrogens (tertiary/aromatic N) is 2. The van der Waals surface area contributed by atoms with Crippen LogP contribution in [0.3, 0.4) is 0 Å². The molecule has 2 aromatic carbocycles. The summed E-state index contributed by atoms with van der Waals surface area (Å²) in [5, 5.41) is 2.55. The highest BCUT2D eigenvalue weighted by molar-refractivity contribution is 6.12. The van der Waals surface area contributed by atoms with E-state index >= 15 is 0 Å². The van der Waals surface area contributed by atoms with Crippen molar-refractivity contribution >= 4 is 29.1 Å². The molecular weight excluding hydrogens is 325 g/mol. The van der Waals surface area contributed by atoms with E-state index < -0.39 is 11.7 Å². The summed E-state index contributed by atoms with van der Waals surface area (Å²) in [4.78, 5) is 39.7. The van der Waals surface area contributed by atoms with Gasteiger partial charge in [-0.25, -0.2) is 4.39 Å². The lowest BCUT2D eigenvalue weighted by molar-refractivity contribution is -0.121. The topological polar surface area (TPSA) is 69.7 Å². The van der Waals surface area contributed by atoms with Crippen LogP contribution < -0.4 is 10.2 Å². The van der Waals surface area contributed by atoms with Crippen molar-refractivity contribution in [2.24, 2.45) is 0 Å². The van der Waals surface area contributed by atoms with Crippen molar-refractivity contribution in [2.75, 3.05) is 30.4 Å². The first-order valence-electron chi connectivity index (χ1n) is 7.66. The Balaban J connectivity index is 1.85. The minimum Gasteiger partial charge on any atom is -0.332 e. The molecule has 0 saturated carbocycles. The van der Waals surface area contributed by atoms with Gasteiger partial charge in [-0.3, -0.25) is 14.4 Å². The number of nitrogens with one attached hydrogen (secondary N) is 1. The molecule has 6 nitrogen and oxygen atoms in total. The van der Waals surface area contributed by atoms with Gasteiger partial charge in [0.05, 0.1) is 11.3 Å². The van der Waals surface area contributed by atoms with E-state index in [1.54, 1.807) is 30.3 Å². The number of carbonyl (C=O) groups is 3. The summed E-state index contributed by atoms with van der Waals surface area (Å²) < 4.78 is 13.2. The number of hydrogen-bond acceptors (Lipinski definition) is 3. The first-order chi connectivity index (χ1) is 12.0. The first kappa shape index (κ1) is 16.6. The lowest BCUT2D eigenvalue weighted by Crippen LogP contribution is -2.41. The van der Waals surface area contributed by atoms with Gasteiger partial charge in [-0.2, -0.15) is 0 Å². The van der Waals surface area contributed by atoms with Crippen LogP contribution in [0.2, 0.25) is 0 Å². The number of carbonyl (C=O) groups excluding carboxylic acids is 3. The van der Waals surface area contributed by atoms with Crippen LogP contribution in [-0.2, 0) is 9.59 Å². The lowest BCUT2D eigenvalue weighted by atomic mass is 10.1. The minimum atomic E-state index is -0.481. The highest BCUT2D eigenvalue weighted by Crippen LogP contribution is 2.25. The maximum atomic E-state index is 13.2. The molecule has 1 aliphatic rings. The Morgan fingerprint density at radius 3 is 2.68 bits per heavy atom. The standard InChI is InChI=1S/C18H16FN3O3/c1-21-11-17(24)22(15-8-3-2-7-14(15)18(21)25)10-16(23)20-13-6-4-5-12(19)9-13/h2-9H,10-11H2,1H3,(H,20,23). The van der Waals surface area contributed by atoms with Gasteiger partial charge in [0, 0.05) is 12.7 Å². The predicted molar refractivity (Wildman–Crippen MR) is 90.8 cm³/mol. The molecule has 0 saturated heterocycles. The summed E-state index contributed by atoms with van der Waals surface area (Å²) in [6.07, 6.45) is 0.